The lowest BCUT2D eigenvalue weighted by Crippen LogP contribution is -2.44. The molecular formula is C14H19FN2O. The Morgan fingerprint density at radius 1 is 1.33 bits per heavy atom. The van der Waals surface area contributed by atoms with E-state index in [1.165, 1.54) is 6.07 Å². The minimum atomic E-state index is -0.694. The second-order valence-electron chi connectivity index (χ2n) is 4.81. The molecule has 1 amide bonds. The second-order valence-corrected chi connectivity index (χ2v) is 4.81. The van der Waals surface area contributed by atoms with Gasteiger partial charge in [0.15, 0.2) is 0 Å². The average Bonchev–Trinajstić information content (AvgIpc) is 2.87. The third-order valence-electron chi connectivity index (χ3n) is 3.71. The molecule has 0 atom stereocenters. The Hall–Kier alpha value is -1.42. The summed E-state index contributed by atoms with van der Waals surface area (Å²) in [6.07, 6.45) is 3.35. The van der Waals surface area contributed by atoms with Crippen LogP contribution in [0.25, 0.3) is 0 Å². The van der Waals surface area contributed by atoms with Crippen LogP contribution in [0.1, 0.15) is 31.2 Å². The van der Waals surface area contributed by atoms with Crippen molar-refractivity contribution >= 4 is 5.91 Å². The molecule has 98 valence electrons. The van der Waals surface area contributed by atoms with Gasteiger partial charge in [-0.25, -0.2) is 4.39 Å². The molecule has 1 aliphatic carbocycles. The van der Waals surface area contributed by atoms with Crippen molar-refractivity contribution in [1.29, 1.82) is 0 Å². The van der Waals surface area contributed by atoms with E-state index in [0.717, 1.165) is 12.8 Å². The zero-order chi connectivity index (χ0) is 13.0. The summed E-state index contributed by atoms with van der Waals surface area (Å²) in [7, 11) is 0. The van der Waals surface area contributed by atoms with E-state index < -0.39 is 5.41 Å². The van der Waals surface area contributed by atoms with Gasteiger partial charge in [0.2, 0.25) is 5.91 Å². The summed E-state index contributed by atoms with van der Waals surface area (Å²) in [5.41, 5.74) is 5.23. The first-order valence-electron chi connectivity index (χ1n) is 6.44. The third-order valence-corrected chi connectivity index (χ3v) is 3.71. The van der Waals surface area contributed by atoms with Gasteiger partial charge >= 0.3 is 0 Å². The topological polar surface area (TPSA) is 55.1 Å². The molecule has 0 unspecified atom stereocenters. The van der Waals surface area contributed by atoms with E-state index in [9.17, 15) is 9.18 Å². The summed E-state index contributed by atoms with van der Waals surface area (Å²) < 4.78 is 14.0. The number of benzene rings is 1. The molecule has 0 spiro atoms. The van der Waals surface area contributed by atoms with Gasteiger partial charge in [0.25, 0.3) is 0 Å². The van der Waals surface area contributed by atoms with Crippen molar-refractivity contribution in [3.05, 3.63) is 35.6 Å². The highest BCUT2D eigenvalue weighted by Gasteiger charge is 2.43. The highest BCUT2D eigenvalue weighted by molar-refractivity contribution is 5.88. The molecule has 3 nitrogen and oxygen atoms in total. The molecule has 4 heteroatoms. The summed E-state index contributed by atoms with van der Waals surface area (Å²) in [6.45, 7) is 0.841. The molecule has 1 aromatic carbocycles. The molecule has 0 heterocycles. The molecule has 3 N–H and O–H groups in total. The van der Waals surface area contributed by atoms with Crippen molar-refractivity contribution in [2.75, 3.05) is 13.1 Å². The van der Waals surface area contributed by atoms with Crippen molar-refractivity contribution in [3.63, 3.8) is 0 Å². The van der Waals surface area contributed by atoms with Gasteiger partial charge in [0.1, 0.15) is 5.82 Å². The maximum Gasteiger partial charge on any atom is 0.230 e. The van der Waals surface area contributed by atoms with Crippen molar-refractivity contribution in [2.24, 2.45) is 5.73 Å². The Labute approximate surface area is 107 Å². The number of nitrogens with two attached hydrogens (primary N) is 1. The molecule has 1 saturated carbocycles. The van der Waals surface area contributed by atoms with Gasteiger partial charge in [-0.05, 0) is 18.9 Å². The smallest absolute Gasteiger partial charge is 0.230 e. The summed E-state index contributed by atoms with van der Waals surface area (Å²) in [5, 5.41) is 2.81. The van der Waals surface area contributed by atoms with Crippen LogP contribution in [0.3, 0.4) is 0 Å². The maximum absolute atomic E-state index is 14.0. The van der Waals surface area contributed by atoms with E-state index in [1.54, 1.807) is 18.2 Å². The van der Waals surface area contributed by atoms with E-state index in [4.69, 9.17) is 5.73 Å². The van der Waals surface area contributed by atoms with Crippen LogP contribution < -0.4 is 11.1 Å². The second kappa shape index (κ2) is 5.48. The van der Waals surface area contributed by atoms with Gasteiger partial charge in [-0.2, -0.15) is 0 Å². The van der Waals surface area contributed by atoms with Crippen molar-refractivity contribution in [2.45, 2.75) is 31.1 Å². The van der Waals surface area contributed by atoms with Crippen LogP contribution in [0.2, 0.25) is 0 Å². The molecule has 0 radical (unpaired) electrons. The molecule has 1 aliphatic rings. The van der Waals surface area contributed by atoms with Crippen LogP contribution in [-0.4, -0.2) is 19.0 Å². The highest BCUT2D eigenvalue weighted by Crippen LogP contribution is 2.42. The molecule has 0 saturated heterocycles. The standard InChI is InChI=1S/C14H19FN2O/c15-12-6-2-1-5-11(12)14(7-3-4-8-14)13(18)17-10-9-16/h1-2,5-6H,3-4,7-10,16H2,(H,17,18). The zero-order valence-corrected chi connectivity index (χ0v) is 10.4. The van der Waals surface area contributed by atoms with Gasteiger partial charge in [-0.15, -0.1) is 0 Å². The normalized spacial score (nSPS) is 17.7. The van der Waals surface area contributed by atoms with E-state index in [1.807, 2.05) is 0 Å². The number of nitrogens with one attached hydrogen (secondary N) is 1. The summed E-state index contributed by atoms with van der Waals surface area (Å²) in [6, 6.07) is 6.59. The van der Waals surface area contributed by atoms with E-state index in [2.05, 4.69) is 5.32 Å². The Kier molecular flexibility index (Phi) is 3.97. The van der Waals surface area contributed by atoms with E-state index >= 15 is 0 Å². The average molecular weight is 250 g/mol. The number of halogens is 1. The Morgan fingerprint density at radius 2 is 2.00 bits per heavy atom. The first-order chi connectivity index (χ1) is 8.70. The molecule has 1 aromatic rings. The Morgan fingerprint density at radius 3 is 2.61 bits per heavy atom. The minimum absolute atomic E-state index is 0.0875. The van der Waals surface area contributed by atoms with Gasteiger partial charge in [-0.3, -0.25) is 4.79 Å². The summed E-state index contributed by atoms with van der Waals surface area (Å²) in [5.74, 6) is -0.377. The van der Waals surface area contributed by atoms with Crippen LogP contribution in [0, 0.1) is 5.82 Å². The number of carbonyl (C=O) groups is 1. The number of hydrogen-bond acceptors (Lipinski definition) is 2. The molecule has 0 aliphatic heterocycles. The molecule has 1 fully saturated rings. The third kappa shape index (κ3) is 2.25. The molecule has 0 aromatic heterocycles. The SMILES string of the molecule is NCCNC(=O)C1(c2ccccc2F)CCCC1. The first kappa shape index (κ1) is 13.0. The van der Waals surface area contributed by atoms with Crippen LogP contribution >= 0.6 is 0 Å². The zero-order valence-electron chi connectivity index (χ0n) is 10.4. The van der Waals surface area contributed by atoms with Crippen molar-refractivity contribution < 1.29 is 9.18 Å². The lowest BCUT2D eigenvalue weighted by molar-refractivity contribution is -0.126. The van der Waals surface area contributed by atoms with Crippen LogP contribution in [0.4, 0.5) is 4.39 Å². The maximum atomic E-state index is 14.0. The van der Waals surface area contributed by atoms with Crippen LogP contribution in [0.5, 0.6) is 0 Å². The van der Waals surface area contributed by atoms with Gasteiger partial charge in [0.05, 0.1) is 5.41 Å². The number of amides is 1. The Bertz CT molecular complexity index is 428. The minimum Gasteiger partial charge on any atom is -0.354 e. The number of hydrogen-bond donors (Lipinski definition) is 2. The molecule has 0 bridgehead atoms. The van der Waals surface area contributed by atoms with Gasteiger partial charge in [0, 0.05) is 18.7 Å². The fraction of sp³-hybridized carbons (Fsp3) is 0.500. The van der Waals surface area contributed by atoms with Gasteiger partial charge in [-0.1, -0.05) is 31.0 Å². The first-order valence-corrected chi connectivity index (χ1v) is 6.44. The fourth-order valence-electron chi connectivity index (χ4n) is 2.80. The molecule has 2 rings (SSSR count). The van der Waals surface area contributed by atoms with Gasteiger partial charge < -0.3 is 11.1 Å². The largest absolute Gasteiger partial charge is 0.354 e. The quantitative estimate of drug-likeness (QED) is 0.854. The molecular weight excluding hydrogens is 231 g/mol. The van der Waals surface area contributed by atoms with E-state index in [0.29, 0.717) is 31.5 Å². The predicted molar refractivity (Wildman–Crippen MR) is 68.6 cm³/mol. The van der Waals surface area contributed by atoms with Crippen LogP contribution in [0.15, 0.2) is 24.3 Å². The Balaban J connectivity index is 2.33. The lowest BCUT2D eigenvalue weighted by Gasteiger charge is -2.28. The molecule has 18 heavy (non-hydrogen) atoms. The summed E-state index contributed by atoms with van der Waals surface area (Å²) >= 11 is 0. The number of rotatable bonds is 4. The number of carbonyl (C=O) groups excluding carboxylic acids is 1. The predicted octanol–water partition coefficient (Wildman–Crippen LogP) is 1.71. The summed E-state index contributed by atoms with van der Waals surface area (Å²) in [4.78, 5) is 12.3. The van der Waals surface area contributed by atoms with E-state index in [-0.39, 0.29) is 11.7 Å². The highest BCUT2D eigenvalue weighted by atomic mass is 19.1. The van der Waals surface area contributed by atoms with Crippen molar-refractivity contribution in [1.82, 2.24) is 5.32 Å². The fourth-order valence-corrected chi connectivity index (χ4v) is 2.80. The van der Waals surface area contributed by atoms with Crippen molar-refractivity contribution in [3.8, 4) is 0 Å². The monoisotopic (exact) mass is 250 g/mol. The lowest BCUT2D eigenvalue weighted by atomic mass is 9.77. The van der Waals surface area contributed by atoms with Crippen LogP contribution in [-0.2, 0) is 10.2 Å².